The predicted octanol–water partition coefficient (Wildman–Crippen LogP) is 5.56. The van der Waals surface area contributed by atoms with E-state index in [-0.39, 0.29) is 24.4 Å². The summed E-state index contributed by atoms with van der Waals surface area (Å²) in [7, 11) is 1.57. The molecule has 0 aliphatic carbocycles. The summed E-state index contributed by atoms with van der Waals surface area (Å²) >= 11 is 5.89. The lowest BCUT2D eigenvalue weighted by Gasteiger charge is -2.16. The number of carbonyl (C=O) groups is 1. The van der Waals surface area contributed by atoms with Crippen molar-refractivity contribution in [2.75, 3.05) is 7.11 Å². The monoisotopic (exact) mass is 413 g/mol. The molecule has 0 aromatic heterocycles. The fraction of sp³-hybridized carbons (Fsp3) is 0.174. The Hall–Kier alpha value is -3.05. The molecule has 0 aliphatic heterocycles. The lowest BCUT2D eigenvalue weighted by atomic mass is 10.1. The molecule has 0 radical (unpaired) electrons. The minimum Gasteiger partial charge on any atom is -0.496 e. The van der Waals surface area contributed by atoms with Gasteiger partial charge in [-0.05, 0) is 67.1 Å². The fourth-order valence-corrected chi connectivity index (χ4v) is 2.97. The van der Waals surface area contributed by atoms with Crippen LogP contribution in [0.1, 0.15) is 34.5 Å². The summed E-state index contributed by atoms with van der Waals surface area (Å²) in [6, 6.07) is 18.0. The lowest BCUT2D eigenvalue weighted by molar-refractivity contribution is 0.0939. The zero-order valence-corrected chi connectivity index (χ0v) is 16.9. The normalized spacial score (nSPS) is 11.6. The molecular weight excluding hydrogens is 393 g/mol. The van der Waals surface area contributed by atoms with Crippen molar-refractivity contribution in [1.82, 2.24) is 5.32 Å². The van der Waals surface area contributed by atoms with E-state index >= 15 is 0 Å². The topological polar surface area (TPSA) is 47.6 Å². The number of amides is 1. The molecule has 0 saturated carbocycles. The second-order valence-corrected chi connectivity index (χ2v) is 6.95. The van der Waals surface area contributed by atoms with Crippen molar-refractivity contribution in [3.05, 3.63) is 94.3 Å². The maximum Gasteiger partial charge on any atom is 0.251 e. The average Bonchev–Trinajstić information content (AvgIpc) is 2.73. The maximum atomic E-state index is 13.1. The summed E-state index contributed by atoms with van der Waals surface area (Å²) in [6.07, 6.45) is 0. The molecule has 4 nitrogen and oxygen atoms in total. The molecule has 1 amide bonds. The van der Waals surface area contributed by atoms with Gasteiger partial charge in [-0.2, -0.15) is 0 Å². The third-order valence-electron chi connectivity index (χ3n) is 4.47. The van der Waals surface area contributed by atoms with E-state index in [1.165, 1.54) is 12.1 Å². The minimum absolute atomic E-state index is 0.236. The average molecular weight is 414 g/mol. The molecule has 3 aromatic rings. The van der Waals surface area contributed by atoms with E-state index in [0.29, 0.717) is 22.1 Å². The van der Waals surface area contributed by atoms with Gasteiger partial charge < -0.3 is 14.8 Å². The highest BCUT2D eigenvalue weighted by Crippen LogP contribution is 2.24. The quantitative estimate of drug-likeness (QED) is 0.551. The van der Waals surface area contributed by atoms with E-state index in [1.807, 2.05) is 6.92 Å². The molecule has 1 atom stereocenters. The van der Waals surface area contributed by atoms with Crippen molar-refractivity contribution in [2.24, 2.45) is 0 Å². The van der Waals surface area contributed by atoms with Gasteiger partial charge in [0.25, 0.3) is 5.91 Å². The van der Waals surface area contributed by atoms with E-state index in [2.05, 4.69) is 5.32 Å². The number of methoxy groups -OCH3 is 1. The number of rotatable bonds is 7. The van der Waals surface area contributed by atoms with Gasteiger partial charge in [-0.25, -0.2) is 4.39 Å². The molecule has 0 saturated heterocycles. The summed E-state index contributed by atoms with van der Waals surface area (Å²) in [5.41, 5.74) is 2.04. The summed E-state index contributed by atoms with van der Waals surface area (Å²) < 4.78 is 24.3. The number of halogens is 2. The summed E-state index contributed by atoms with van der Waals surface area (Å²) in [4.78, 5) is 12.7. The van der Waals surface area contributed by atoms with Crippen LogP contribution >= 0.6 is 11.6 Å². The number of carbonyl (C=O) groups excluding carboxylic acids is 1. The fourth-order valence-electron chi connectivity index (χ4n) is 2.84. The van der Waals surface area contributed by atoms with Crippen LogP contribution in [0.25, 0.3) is 0 Å². The molecular formula is C23H21ClFNO3. The maximum absolute atomic E-state index is 13.1. The first kappa shape index (κ1) is 20.7. The van der Waals surface area contributed by atoms with Gasteiger partial charge in [-0.1, -0.05) is 23.7 Å². The zero-order chi connectivity index (χ0) is 20.8. The minimum atomic E-state index is -0.312. The van der Waals surface area contributed by atoms with Crippen molar-refractivity contribution in [3.63, 3.8) is 0 Å². The molecule has 29 heavy (non-hydrogen) atoms. The Bertz CT molecular complexity index is 974. The van der Waals surface area contributed by atoms with Crippen LogP contribution in [0.2, 0.25) is 5.02 Å². The number of hydrogen-bond donors (Lipinski definition) is 1. The molecule has 1 unspecified atom stereocenters. The Kier molecular flexibility index (Phi) is 6.73. The summed E-state index contributed by atoms with van der Waals surface area (Å²) in [6.45, 7) is 2.08. The van der Waals surface area contributed by atoms with Crippen molar-refractivity contribution in [2.45, 2.75) is 19.6 Å². The van der Waals surface area contributed by atoms with Crippen LogP contribution in [0.5, 0.6) is 11.5 Å². The molecule has 0 spiro atoms. The Balaban J connectivity index is 1.71. The van der Waals surface area contributed by atoms with Crippen molar-refractivity contribution >= 4 is 17.5 Å². The van der Waals surface area contributed by atoms with Gasteiger partial charge in [0, 0.05) is 16.1 Å². The smallest absolute Gasteiger partial charge is 0.251 e. The SMILES string of the molecule is COc1ccc(C(=O)NC(C)c2ccc(F)cc2)cc1COc1ccc(Cl)cc1. The van der Waals surface area contributed by atoms with Crippen LogP contribution in [-0.4, -0.2) is 13.0 Å². The van der Waals surface area contributed by atoms with Crippen LogP contribution in [0, 0.1) is 5.82 Å². The highest BCUT2D eigenvalue weighted by Gasteiger charge is 2.14. The molecule has 0 heterocycles. The zero-order valence-electron chi connectivity index (χ0n) is 16.1. The molecule has 1 N–H and O–H groups in total. The lowest BCUT2D eigenvalue weighted by Crippen LogP contribution is -2.26. The van der Waals surface area contributed by atoms with Gasteiger partial charge in [0.1, 0.15) is 23.9 Å². The Labute approximate surface area is 174 Å². The molecule has 3 rings (SSSR count). The van der Waals surface area contributed by atoms with Crippen molar-refractivity contribution < 1.29 is 18.7 Å². The largest absolute Gasteiger partial charge is 0.496 e. The van der Waals surface area contributed by atoms with Gasteiger partial charge in [0.2, 0.25) is 0 Å². The highest BCUT2D eigenvalue weighted by atomic mass is 35.5. The van der Waals surface area contributed by atoms with Crippen molar-refractivity contribution in [1.29, 1.82) is 0 Å². The van der Waals surface area contributed by atoms with E-state index in [9.17, 15) is 9.18 Å². The van der Waals surface area contributed by atoms with Crippen LogP contribution in [-0.2, 0) is 6.61 Å². The first-order valence-electron chi connectivity index (χ1n) is 9.08. The van der Waals surface area contributed by atoms with Gasteiger partial charge in [0.05, 0.1) is 13.2 Å². The second-order valence-electron chi connectivity index (χ2n) is 6.52. The molecule has 3 aromatic carbocycles. The Morgan fingerprint density at radius 1 is 1.07 bits per heavy atom. The highest BCUT2D eigenvalue weighted by molar-refractivity contribution is 6.30. The molecule has 0 fully saturated rings. The standard InChI is InChI=1S/C23H21ClFNO3/c1-15(16-3-8-20(25)9-4-16)26-23(27)17-5-12-22(28-2)18(13-17)14-29-21-10-6-19(24)7-11-21/h3-13,15H,14H2,1-2H3,(H,26,27). The van der Waals surface area contributed by atoms with Gasteiger partial charge in [0.15, 0.2) is 0 Å². The Morgan fingerprint density at radius 3 is 2.41 bits per heavy atom. The first-order valence-corrected chi connectivity index (χ1v) is 9.45. The Morgan fingerprint density at radius 2 is 1.76 bits per heavy atom. The molecule has 0 bridgehead atoms. The summed E-state index contributed by atoms with van der Waals surface area (Å²) in [5.74, 6) is 0.739. The van der Waals surface area contributed by atoms with Gasteiger partial charge in [-0.15, -0.1) is 0 Å². The summed E-state index contributed by atoms with van der Waals surface area (Å²) in [5, 5.41) is 3.55. The number of nitrogens with one attached hydrogen (secondary N) is 1. The number of benzene rings is 3. The number of ether oxygens (including phenoxy) is 2. The predicted molar refractivity (Wildman–Crippen MR) is 111 cm³/mol. The molecule has 150 valence electrons. The van der Waals surface area contributed by atoms with E-state index < -0.39 is 0 Å². The van der Waals surface area contributed by atoms with Crippen LogP contribution in [0.4, 0.5) is 4.39 Å². The van der Waals surface area contributed by atoms with E-state index in [1.54, 1.807) is 61.7 Å². The van der Waals surface area contributed by atoms with Crippen LogP contribution < -0.4 is 14.8 Å². The second kappa shape index (κ2) is 9.43. The van der Waals surface area contributed by atoms with Crippen molar-refractivity contribution in [3.8, 4) is 11.5 Å². The molecule has 0 aliphatic rings. The van der Waals surface area contributed by atoms with Crippen LogP contribution in [0.3, 0.4) is 0 Å². The first-order chi connectivity index (χ1) is 14.0. The third-order valence-corrected chi connectivity index (χ3v) is 4.72. The van der Waals surface area contributed by atoms with Gasteiger partial charge in [-0.3, -0.25) is 4.79 Å². The third kappa shape index (κ3) is 5.48. The number of hydrogen-bond acceptors (Lipinski definition) is 3. The molecule has 6 heteroatoms. The van der Waals surface area contributed by atoms with E-state index in [4.69, 9.17) is 21.1 Å². The van der Waals surface area contributed by atoms with Gasteiger partial charge >= 0.3 is 0 Å². The van der Waals surface area contributed by atoms with Crippen LogP contribution in [0.15, 0.2) is 66.7 Å². The van der Waals surface area contributed by atoms with E-state index in [0.717, 1.165) is 11.1 Å².